The molecule has 2 aliphatic rings. The summed E-state index contributed by atoms with van der Waals surface area (Å²) in [6.07, 6.45) is 4.98. The number of anilines is 2. The van der Waals surface area contributed by atoms with Gasteiger partial charge in [-0.05, 0) is 5.92 Å². The molecule has 0 spiro atoms. The molecule has 8 heteroatoms. The predicted octanol–water partition coefficient (Wildman–Crippen LogP) is 1.84. The monoisotopic (exact) mass is 350 g/mol. The molecule has 134 valence electrons. The topological polar surface area (TPSA) is 86.7 Å². The Hall–Kier alpha value is -2.77. The van der Waals surface area contributed by atoms with Crippen LogP contribution in [0.2, 0.25) is 0 Å². The van der Waals surface area contributed by atoms with Crippen LogP contribution in [0.1, 0.15) is 25.5 Å². The number of rotatable bonds is 3. The summed E-state index contributed by atoms with van der Waals surface area (Å²) < 4.78 is 0. The lowest BCUT2D eigenvalue weighted by atomic mass is 10.0. The van der Waals surface area contributed by atoms with Crippen LogP contribution in [0.15, 0.2) is 25.0 Å². The van der Waals surface area contributed by atoms with Crippen molar-refractivity contribution >= 4 is 22.8 Å². The zero-order valence-electron chi connectivity index (χ0n) is 15.0. The molecule has 5 rings (SSSR count). The van der Waals surface area contributed by atoms with Crippen LogP contribution in [0, 0.1) is 11.8 Å². The van der Waals surface area contributed by atoms with Gasteiger partial charge in [0.2, 0.25) is 0 Å². The molecule has 1 N–H and O–H groups in total. The Labute approximate surface area is 151 Å². The van der Waals surface area contributed by atoms with E-state index in [1.54, 1.807) is 19.0 Å². The van der Waals surface area contributed by atoms with Crippen LogP contribution in [0.4, 0.5) is 11.6 Å². The van der Waals surface area contributed by atoms with Gasteiger partial charge in [-0.15, -0.1) is 0 Å². The van der Waals surface area contributed by atoms with Crippen LogP contribution in [-0.4, -0.2) is 56.1 Å². The first-order valence-electron chi connectivity index (χ1n) is 9.15. The van der Waals surface area contributed by atoms with Gasteiger partial charge in [0.1, 0.15) is 24.0 Å². The van der Waals surface area contributed by atoms with Crippen molar-refractivity contribution in [1.82, 2.24) is 29.9 Å². The van der Waals surface area contributed by atoms with Crippen LogP contribution >= 0.6 is 0 Å². The fourth-order valence-corrected chi connectivity index (χ4v) is 4.20. The second kappa shape index (κ2) is 5.89. The lowest BCUT2D eigenvalue weighted by molar-refractivity contribution is 0.533. The van der Waals surface area contributed by atoms with Crippen LogP contribution < -0.4 is 9.80 Å². The van der Waals surface area contributed by atoms with Gasteiger partial charge >= 0.3 is 0 Å². The van der Waals surface area contributed by atoms with Crippen molar-refractivity contribution < 1.29 is 0 Å². The highest BCUT2D eigenvalue weighted by molar-refractivity contribution is 5.82. The van der Waals surface area contributed by atoms with Gasteiger partial charge in [-0.25, -0.2) is 24.9 Å². The fraction of sp³-hybridized carbons (Fsp3) is 0.500. The van der Waals surface area contributed by atoms with Gasteiger partial charge in [-0.2, -0.15) is 0 Å². The lowest BCUT2D eigenvalue weighted by Crippen LogP contribution is -2.30. The third-order valence-corrected chi connectivity index (χ3v) is 5.58. The highest BCUT2D eigenvalue weighted by Crippen LogP contribution is 2.36. The van der Waals surface area contributed by atoms with Crippen molar-refractivity contribution in [3.05, 3.63) is 30.7 Å². The molecule has 0 amide bonds. The molecule has 2 atom stereocenters. The molecule has 0 bridgehead atoms. The Morgan fingerprint density at radius 1 is 0.923 bits per heavy atom. The van der Waals surface area contributed by atoms with Gasteiger partial charge in [0, 0.05) is 49.8 Å². The van der Waals surface area contributed by atoms with E-state index >= 15 is 0 Å². The molecule has 3 aromatic heterocycles. The minimum atomic E-state index is 0.420. The molecule has 2 saturated heterocycles. The molecule has 2 unspecified atom stereocenters. The molecule has 0 aromatic carbocycles. The van der Waals surface area contributed by atoms with Gasteiger partial charge in [0.15, 0.2) is 11.5 Å². The standard InChI is InChI=1S/C18H22N8/c1-11(2)14-3-15(20-8-19-14)25-4-12-6-26(7-13(12)5-25)18-16-17(22-9-21-16)23-10-24-18/h3,8-13H,4-7H2,1-2H3,(H,21,22,23,24). The van der Waals surface area contributed by atoms with E-state index in [4.69, 9.17) is 0 Å². The molecule has 5 heterocycles. The maximum Gasteiger partial charge on any atom is 0.182 e. The first-order chi connectivity index (χ1) is 12.7. The van der Waals surface area contributed by atoms with E-state index in [-0.39, 0.29) is 0 Å². The normalized spacial score (nSPS) is 22.6. The summed E-state index contributed by atoms with van der Waals surface area (Å²) in [7, 11) is 0. The maximum absolute atomic E-state index is 4.51. The van der Waals surface area contributed by atoms with E-state index in [0.717, 1.165) is 54.7 Å². The maximum atomic E-state index is 4.51. The number of aromatic nitrogens is 6. The van der Waals surface area contributed by atoms with Gasteiger partial charge in [-0.1, -0.05) is 13.8 Å². The summed E-state index contributed by atoms with van der Waals surface area (Å²) in [5.41, 5.74) is 2.77. The number of aromatic amines is 1. The first-order valence-corrected chi connectivity index (χ1v) is 9.15. The van der Waals surface area contributed by atoms with Crippen LogP contribution in [0.3, 0.4) is 0 Å². The van der Waals surface area contributed by atoms with Gasteiger partial charge in [0.25, 0.3) is 0 Å². The number of hydrogen-bond donors (Lipinski definition) is 1. The largest absolute Gasteiger partial charge is 0.356 e. The van der Waals surface area contributed by atoms with Crippen molar-refractivity contribution in [3.8, 4) is 0 Å². The zero-order valence-corrected chi connectivity index (χ0v) is 15.0. The number of nitrogens with one attached hydrogen (secondary N) is 1. The van der Waals surface area contributed by atoms with Crippen molar-refractivity contribution in [1.29, 1.82) is 0 Å². The summed E-state index contributed by atoms with van der Waals surface area (Å²) in [5, 5.41) is 0. The summed E-state index contributed by atoms with van der Waals surface area (Å²) in [6.45, 7) is 8.42. The Bertz CT molecular complexity index is 922. The van der Waals surface area contributed by atoms with Gasteiger partial charge in [-0.3, -0.25) is 0 Å². The highest BCUT2D eigenvalue weighted by atomic mass is 15.3. The second-order valence-corrected chi connectivity index (χ2v) is 7.58. The van der Waals surface area contributed by atoms with E-state index in [1.807, 2.05) is 0 Å². The first kappa shape index (κ1) is 15.5. The Morgan fingerprint density at radius 2 is 1.65 bits per heavy atom. The number of H-pyrrole nitrogens is 1. The summed E-state index contributed by atoms with van der Waals surface area (Å²) in [5.74, 6) is 3.70. The third kappa shape index (κ3) is 2.48. The van der Waals surface area contributed by atoms with Crippen LogP contribution in [0.25, 0.3) is 11.2 Å². The fourth-order valence-electron chi connectivity index (χ4n) is 4.20. The molecule has 2 aliphatic heterocycles. The van der Waals surface area contributed by atoms with Crippen molar-refractivity contribution in [2.75, 3.05) is 36.0 Å². The lowest BCUT2D eigenvalue weighted by Gasteiger charge is -2.23. The SMILES string of the molecule is CC(C)c1cc(N2CC3CN(c4ncnc5nc[nH]c45)CC3C2)ncn1. The minimum Gasteiger partial charge on any atom is -0.356 e. The molecule has 0 aliphatic carbocycles. The van der Waals surface area contributed by atoms with E-state index < -0.39 is 0 Å². The molecule has 26 heavy (non-hydrogen) atoms. The van der Waals surface area contributed by atoms with Crippen molar-refractivity contribution in [2.24, 2.45) is 11.8 Å². The minimum absolute atomic E-state index is 0.420. The second-order valence-electron chi connectivity index (χ2n) is 7.58. The molecule has 2 fully saturated rings. The predicted molar refractivity (Wildman–Crippen MR) is 99.2 cm³/mol. The van der Waals surface area contributed by atoms with E-state index in [0.29, 0.717) is 17.8 Å². The molecule has 0 saturated carbocycles. The smallest absolute Gasteiger partial charge is 0.182 e. The summed E-state index contributed by atoms with van der Waals surface area (Å²) >= 11 is 0. The average Bonchev–Trinajstić information content (AvgIpc) is 3.35. The summed E-state index contributed by atoms with van der Waals surface area (Å²) in [6, 6.07) is 2.14. The van der Waals surface area contributed by atoms with Crippen LogP contribution in [0.5, 0.6) is 0 Å². The van der Waals surface area contributed by atoms with Crippen molar-refractivity contribution in [2.45, 2.75) is 19.8 Å². The average molecular weight is 350 g/mol. The molecule has 0 radical (unpaired) electrons. The summed E-state index contributed by atoms with van der Waals surface area (Å²) in [4.78, 5) is 29.8. The number of nitrogens with zero attached hydrogens (tertiary/aromatic N) is 7. The Balaban J connectivity index is 1.33. The quantitative estimate of drug-likeness (QED) is 0.771. The number of hydrogen-bond acceptors (Lipinski definition) is 7. The Morgan fingerprint density at radius 3 is 2.42 bits per heavy atom. The van der Waals surface area contributed by atoms with Gasteiger partial charge in [0.05, 0.1) is 6.33 Å². The zero-order chi connectivity index (χ0) is 17.7. The van der Waals surface area contributed by atoms with E-state index in [9.17, 15) is 0 Å². The highest BCUT2D eigenvalue weighted by Gasteiger charge is 2.41. The van der Waals surface area contributed by atoms with Gasteiger partial charge < -0.3 is 14.8 Å². The number of fused-ring (bicyclic) bond motifs is 2. The number of imidazole rings is 1. The van der Waals surface area contributed by atoms with Crippen LogP contribution in [-0.2, 0) is 0 Å². The molecule has 3 aromatic rings. The molecular formula is C18H22N8. The Kier molecular flexibility index (Phi) is 3.51. The third-order valence-electron chi connectivity index (χ3n) is 5.58. The van der Waals surface area contributed by atoms with E-state index in [2.05, 4.69) is 59.6 Å². The van der Waals surface area contributed by atoms with E-state index in [1.165, 1.54) is 0 Å². The van der Waals surface area contributed by atoms with Crippen molar-refractivity contribution in [3.63, 3.8) is 0 Å². The molecule has 8 nitrogen and oxygen atoms in total. The molecular weight excluding hydrogens is 328 g/mol.